The third-order valence-electron chi connectivity index (χ3n) is 2.61. The number of benzene rings is 1. The van der Waals surface area contributed by atoms with Crippen molar-refractivity contribution in [3.05, 3.63) is 33.8 Å². The van der Waals surface area contributed by atoms with E-state index in [4.69, 9.17) is 27.9 Å². The zero-order valence-electron chi connectivity index (χ0n) is 13.2. The van der Waals surface area contributed by atoms with Crippen LogP contribution in [0.2, 0.25) is 10.0 Å². The highest BCUT2D eigenvalue weighted by Gasteiger charge is 2.17. The Balaban J connectivity index is 2.39. The van der Waals surface area contributed by atoms with Crippen LogP contribution < -0.4 is 10.6 Å². The van der Waals surface area contributed by atoms with E-state index in [2.05, 4.69) is 10.6 Å². The molecule has 0 spiro atoms. The van der Waals surface area contributed by atoms with Crippen molar-refractivity contribution >= 4 is 35.2 Å². The van der Waals surface area contributed by atoms with E-state index < -0.39 is 23.7 Å². The van der Waals surface area contributed by atoms with Crippen molar-refractivity contribution in [2.24, 2.45) is 0 Å². The second-order valence-electron chi connectivity index (χ2n) is 5.84. The van der Waals surface area contributed by atoms with Crippen LogP contribution in [-0.2, 0) is 9.53 Å². The van der Waals surface area contributed by atoms with Crippen molar-refractivity contribution in [2.45, 2.75) is 32.5 Å². The molecule has 0 aliphatic heterocycles. The number of rotatable bonds is 5. The maximum atomic E-state index is 11.6. The maximum Gasteiger partial charge on any atom is 0.408 e. The molecule has 1 atom stereocenters. The van der Waals surface area contributed by atoms with Crippen molar-refractivity contribution in [3.63, 3.8) is 0 Å². The van der Waals surface area contributed by atoms with Gasteiger partial charge in [0.25, 0.3) is 0 Å². The number of carbonyl (C=O) groups excluding carboxylic acids is 2. The van der Waals surface area contributed by atoms with Crippen LogP contribution in [0.3, 0.4) is 0 Å². The van der Waals surface area contributed by atoms with Crippen LogP contribution in [0.25, 0.3) is 0 Å². The highest BCUT2D eigenvalue weighted by Crippen LogP contribution is 2.25. The predicted molar refractivity (Wildman–Crippen MR) is 88.7 cm³/mol. The Kier molecular flexibility index (Phi) is 7.12. The Labute approximate surface area is 145 Å². The first-order chi connectivity index (χ1) is 10.6. The summed E-state index contributed by atoms with van der Waals surface area (Å²) in [6.07, 6.45) is -1.67. The van der Waals surface area contributed by atoms with Crippen LogP contribution >= 0.6 is 23.2 Å². The summed E-state index contributed by atoms with van der Waals surface area (Å²) in [6, 6.07) is 4.69. The molecule has 1 rings (SSSR count). The number of carbonyl (C=O) groups is 2. The highest BCUT2D eigenvalue weighted by atomic mass is 35.5. The Morgan fingerprint density at radius 3 is 2.48 bits per heavy atom. The van der Waals surface area contributed by atoms with Crippen LogP contribution in [-0.4, -0.2) is 35.8 Å². The summed E-state index contributed by atoms with van der Waals surface area (Å²) in [5, 5.41) is 15.6. The molecule has 1 aromatic carbocycles. The van der Waals surface area contributed by atoms with Gasteiger partial charge in [0.2, 0.25) is 5.91 Å². The standard InChI is InChI=1S/C15H20Cl2N2O4/c1-15(2,3)23-14(22)19-8-13(21)18-7-12(20)10-5-4-9(16)6-11(10)17/h4-6,12,20H,7-8H2,1-3H3,(H,18,21)(H,19,22). The van der Waals surface area contributed by atoms with E-state index in [1.165, 1.54) is 6.07 Å². The van der Waals surface area contributed by atoms with E-state index in [1.807, 2.05) is 0 Å². The number of ether oxygens (including phenoxy) is 1. The SMILES string of the molecule is CC(C)(C)OC(=O)NCC(=O)NCC(O)c1ccc(Cl)cc1Cl. The fourth-order valence-electron chi connectivity index (χ4n) is 1.62. The average molecular weight is 363 g/mol. The van der Waals surface area contributed by atoms with Crippen LogP contribution in [0.4, 0.5) is 4.79 Å². The van der Waals surface area contributed by atoms with Gasteiger partial charge in [-0.05, 0) is 32.9 Å². The maximum absolute atomic E-state index is 11.6. The monoisotopic (exact) mass is 362 g/mol. The van der Waals surface area contributed by atoms with Crippen LogP contribution in [0.5, 0.6) is 0 Å². The van der Waals surface area contributed by atoms with Crippen molar-refractivity contribution in [1.82, 2.24) is 10.6 Å². The molecule has 0 radical (unpaired) electrons. The van der Waals surface area contributed by atoms with Crippen LogP contribution in [0.1, 0.15) is 32.4 Å². The number of aliphatic hydroxyl groups is 1. The number of nitrogens with one attached hydrogen (secondary N) is 2. The zero-order valence-corrected chi connectivity index (χ0v) is 14.7. The normalized spacial score (nSPS) is 12.4. The van der Waals surface area contributed by atoms with Gasteiger partial charge in [-0.2, -0.15) is 0 Å². The fraction of sp³-hybridized carbons (Fsp3) is 0.467. The van der Waals surface area contributed by atoms with Crippen molar-refractivity contribution < 1.29 is 19.4 Å². The molecule has 0 heterocycles. The summed E-state index contributed by atoms with van der Waals surface area (Å²) in [5.74, 6) is -0.458. The van der Waals surface area contributed by atoms with Crippen molar-refractivity contribution in [3.8, 4) is 0 Å². The molecule has 1 aromatic rings. The average Bonchev–Trinajstić information content (AvgIpc) is 2.40. The Morgan fingerprint density at radius 2 is 1.91 bits per heavy atom. The van der Waals surface area contributed by atoms with Gasteiger partial charge in [-0.25, -0.2) is 4.79 Å². The van der Waals surface area contributed by atoms with Gasteiger partial charge in [0.15, 0.2) is 0 Å². The van der Waals surface area contributed by atoms with E-state index in [1.54, 1.807) is 32.9 Å². The van der Waals surface area contributed by atoms with Crippen molar-refractivity contribution in [2.75, 3.05) is 13.1 Å². The number of alkyl carbamates (subject to hydrolysis) is 1. The number of amides is 2. The molecule has 6 nitrogen and oxygen atoms in total. The highest BCUT2D eigenvalue weighted by molar-refractivity contribution is 6.35. The summed E-state index contributed by atoms with van der Waals surface area (Å²) in [7, 11) is 0. The first-order valence-electron chi connectivity index (χ1n) is 6.95. The third kappa shape index (κ3) is 7.54. The smallest absolute Gasteiger partial charge is 0.408 e. The van der Waals surface area contributed by atoms with Gasteiger partial charge in [-0.3, -0.25) is 4.79 Å². The summed E-state index contributed by atoms with van der Waals surface area (Å²) < 4.78 is 5.00. The van der Waals surface area contributed by atoms with E-state index in [0.717, 1.165) is 0 Å². The summed E-state index contributed by atoms with van der Waals surface area (Å²) in [6.45, 7) is 4.86. The number of aliphatic hydroxyl groups excluding tert-OH is 1. The molecular weight excluding hydrogens is 343 g/mol. The lowest BCUT2D eigenvalue weighted by Crippen LogP contribution is -2.40. The molecule has 0 aromatic heterocycles. The molecule has 23 heavy (non-hydrogen) atoms. The molecule has 2 amide bonds. The lowest BCUT2D eigenvalue weighted by molar-refractivity contribution is -0.120. The summed E-state index contributed by atoms with van der Waals surface area (Å²) in [5.41, 5.74) is -0.182. The largest absolute Gasteiger partial charge is 0.444 e. The number of hydrogen-bond acceptors (Lipinski definition) is 4. The van der Waals surface area contributed by atoms with E-state index in [9.17, 15) is 14.7 Å². The van der Waals surface area contributed by atoms with E-state index in [-0.39, 0.29) is 13.1 Å². The van der Waals surface area contributed by atoms with Gasteiger partial charge in [0.05, 0.1) is 12.6 Å². The minimum absolute atomic E-state index is 0.0455. The van der Waals surface area contributed by atoms with Gasteiger partial charge in [-0.1, -0.05) is 29.3 Å². The molecule has 0 saturated heterocycles. The van der Waals surface area contributed by atoms with Crippen LogP contribution in [0.15, 0.2) is 18.2 Å². The molecule has 0 aliphatic rings. The Hall–Kier alpha value is -1.50. The van der Waals surface area contributed by atoms with E-state index >= 15 is 0 Å². The third-order valence-corrected chi connectivity index (χ3v) is 3.17. The van der Waals surface area contributed by atoms with Gasteiger partial charge >= 0.3 is 6.09 Å². The fourth-order valence-corrected chi connectivity index (χ4v) is 2.16. The topological polar surface area (TPSA) is 87.7 Å². The first-order valence-corrected chi connectivity index (χ1v) is 7.70. The number of halogens is 2. The summed E-state index contributed by atoms with van der Waals surface area (Å²) >= 11 is 11.8. The van der Waals surface area contributed by atoms with Crippen molar-refractivity contribution in [1.29, 1.82) is 0 Å². The molecular formula is C15H20Cl2N2O4. The van der Waals surface area contributed by atoms with E-state index in [0.29, 0.717) is 15.6 Å². The van der Waals surface area contributed by atoms with Gasteiger partial charge in [-0.15, -0.1) is 0 Å². The second kappa shape index (κ2) is 8.38. The summed E-state index contributed by atoms with van der Waals surface area (Å²) in [4.78, 5) is 23.0. The molecule has 0 aliphatic carbocycles. The Morgan fingerprint density at radius 1 is 1.26 bits per heavy atom. The Bertz CT molecular complexity index is 573. The lowest BCUT2D eigenvalue weighted by atomic mass is 10.1. The molecule has 0 bridgehead atoms. The minimum Gasteiger partial charge on any atom is -0.444 e. The zero-order chi connectivity index (χ0) is 17.6. The van der Waals surface area contributed by atoms with Gasteiger partial charge in [0, 0.05) is 22.2 Å². The molecule has 1 unspecified atom stereocenters. The minimum atomic E-state index is -0.981. The first kappa shape index (κ1) is 19.5. The molecule has 3 N–H and O–H groups in total. The van der Waals surface area contributed by atoms with Crippen LogP contribution in [0, 0.1) is 0 Å². The predicted octanol–water partition coefficient (Wildman–Crippen LogP) is 2.67. The molecule has 0 fully saturated rings. The molecule has 128 valence electrons. The molecule has 0 saturated carbocycles. The van der Waals surface area contributed by atoms with Gasteiger partial charge < -0.3 is 20.5 Å². The quantitative estimate of drug-likeness (QED) is 0.751. The number of hydrogen-bond donors (Lipinski definition) is 3. The lowest BCUT2D eigenvalue weighted by Gasteiger charge is -2.19. The molecule has 8 heteroatoms. The van der Waals surface area contributed by atoms with Gasteiger partial charge in [0.1, 0.15) is 5.60 Å². The second-order valence-corrected chi connectivity index (χ2v) is 6.68.